The van der Waals surface area contributed by atoms with Crippen LogP contribution in [0.4, 0.5) is 0 Å². The first-order valence-corrected chi connectivity index (χ1v) is 4.97. The summed E-state index contributed by atoms with van der Waals surface area (Å²) < 4.78 is 4.81. The van der Waals surface area contributed by atoms with E-state index in [1.54, 1.807) is 6.08 Å². The first-order valence-electron chi connectivity index (χ1n) is 4.33. The standard InChI is InChI=1S/C11H12O2S/c12-11(13-8-9-14)7-6-10-4-2-1-3-5-10/h1-7,14H,8-9H2/b7-6+. The maximum atomic E-state index is 11.0. The summed E-state index contributed by atoms with van der Waals surface area (Å²) in [6.07, 6.45) is 3.14. The van der Waals surface area contributed by atoms with Gasteiger partial charge in [0.1, 0.15) is 6.61 Å². The summed E-state index contributed by atoms with van der Waals surface area (Å²) in [5.41, 5.74) is 0.982. The second-order valence-electron chi connectivity index (χ2n) is 2.64. The molecule has 0 saturated heterocycles. The third-order valence-corrected chi connectivity index (χ3v) is 1.73. The fourth-order valence-electron chi connectivity index (χ4n) is 0.923. The summed E-state index contributed by atoms with van der Waals surface area (Å²) in [6, 6.07) is 9.60. The van der Waals surface area contributed by atoms with Crippen LogP contribution in [0.3, 0.4) is 0 Å². The molecule has 1 aromatic carbocycles. The van der Waals surface area contributed by atoms with Crippen molar-refractivity contribution in [2.45, 2.75) is 0 Å². The van der Waals surface area contributed by atoms with Crippen LogP contribution in [0.25, 0.3) is 6.08 Å². The Morgan fingerprint density at radius 2 is 2.07 bits per heavy atom. The van der Waals surface area contributed by atoms with Gasteiger partial charge in [0.2, 0.25) is 0 Å². The number of rotatable bonds is 4. The molecule has 0 aliphatic rings. The Morgan fingerprint density at radius 3 is 2.71 bits per heavy atom. The summed E-state index contributed by atoms with van der Waals surface area (Å²) in [6.45, 7) is 0.348. The quantitative estimate of drug-likeness (QED) is 0.466. The van der Waals surface area contributed by atoms with Crippen LogP contribution in [0.15, 0.2) is 36.4 Å². The van der Waals surface area contributed by atoms with Crippen LogP contribution in [0.1, 0.15) is 5.56 Å². The lowest BCUT2D eigenvalue weighted by atomic mass is 10.2. The van der Waals surface area contributed by atoms with Gasteiger partial charge < -0.3 is 4.74 Å². The molecule has 0 heterocycles. The Kier molecular flexibility index (Phi) is 4.86. The largest absolute Gasteiger partial charge is 0.462 e. The summed E-state index contributed by atoms with van der Waals surface area (Å²) in [4.78, 5) is 11.0. The number of benzene rings is 1. The molecule has 0 atom stereocenters. The lowest BCUT2D eigenvalue weighted by Gasteiger charge is -1.96. The highest BCUT2D eigenvalue weighted by Gasteiger charge is 1.94. The van der Waals surface area contributed by atoms with Gasteiger partial charge in [-0.25, -0.2) is 4.79 Å². The van der Waals surface area contributed by atoms with Gasteiger partial charge in [0.25, 0.3) is 0 Å². The van der Waals surface area contributed by atoms with Crippen LogP contribution in [0, 0.1) is 0 Å². The molecule has 0 radical (unpaired) electrons. The van der Waals surface area contributed by atoms with Crippen molar-refractivity contribution in [1.82, 2.24) is 0 Å². The van der Waals surface area contributed by atoms with Crippen molar-refractivity contribution in [1.29, 1.82) is 0 Å². The molecule has 0 fully saturated rings. The number of hydrogen-bond donors (Lipinski definition) is 1. The van der Waals surface area contributed by atoms with Crippen LogP contribution in [0.5, 0.6) is 0 Å². The second-order valence-corrected chi connectivity index (χ2v) is 3.08. The average Bonchev–Trinajstić information content (AvgIpc) is 2.25. The topological polar surface area (TPSA) is 26.3 Å². The molecule has 0 amide bonds. The van der Waals surface area contributed by atoms with Crippen LogP contribution in [-0.4, -0.2) is 18.3 Å². The predicted octanol–water partition coefficient (Wildman–Crippen LogP) is 2.17. The highest BCUT2D eigenvalue weighted by atomic mass is 32.1. The van der Waals surface area contributed by atoms with E-state index in [9.17, 15) is 4.79 Å². The zero-order valence-electron chi connectivity index (χ0n) is 7.72. The van der Waals surface area contributed by atoms with Crippen molar-refractivity contribution in [2.24, 2.45) is 0 Å². The Hall–Kier alpha value is -1.22. The molecule has 14 heavy (non-hydrogen) atoms. The monoisotopic (exact) mass is 208 g/mol. The molecule has 0 unspecified atom stereocenters. The lowest BCUT2D eigenvalue weighted by molar-refractivity contribution is -0.137. The van der Waals surface area contributed by atoms with Crippen LogP contribution in [-0.2, 0) is 9.53 Å². The summed E-state index contributed by atoms with van der Waals surface area (Å²) in [7, 11) is 0. The molecule has 0 aromatic heterocycles. The number of carbonyl (C=O) groups excluding carboxylic acids is 1. The Balaban J connectivity index is 2.44. The Morgan fingerprint density at radius 1 is 1.36 bits per heavy atom. The van der Waals surface area contributed by atoms with E-state index < -0.39 is 0 Å². The van der Waals surface area contributed by atoms with Gasteiger partial charge in [0.15, 0.2) is 0 Å². The molecule has 1 rings (SSSR count). The third-order valence-electron chi connectivity index (χ3n) is 1.55. The highest BCUT2D eigenvalue weighted by Crippen LogP contribution is 2.00. The van der Waals surface area contributed by atoms with Crippen molar-refractivity contribution in [3.63, 3.8) is 0 Å². The van der Waals surface area contributed by atoms with E-state index in [2.05, 4.69) is 12.6 Å². The second kappa shape index (κ2) is 6.27. The first-order chi connectivity index (χ1) is 6.83. The average molecular weight is 208 g/mol. The molecule has 0 spiro atoms. The fourth-order valence-corrected chi connectivity index (χ4v) is 1.01. The number of esters is 1. The van der Waals surface area contributed by atoms with Crippen LogP contribution < -0.4 is 0 Å². The third kappa shape index (κ3) is 4.14. The molecular weight excluding hydrogens is 196 g/mol. The zero-order chi connectivity index (χ0) is 10.2. The summed E-state index contributed by atoms with van der Waals surface area (Å²) >= 11 is 3.93. The number of hydrogen-bond acceptors (Lipinski definition) is 3. The normalized spacial score (nSPS) is 10.4. The molecule has 0 aliphatic heterocycles. The van der Waals surface area contributed by atoms with E-state index in [1.807, 2.05) is 30.3 Å². The summed E-state index contributed by atoms with van der Waals surface area (Å²) in [5.74, 6) is 0.216. The van der Waals surface area contributed by atoms with Crippen molar-refractivity contribution in [2.75, 3.05) is 12.4 Å². The number of ether oxygens (including phenoxy) is 1. The maximum Gasteiger partial charge on any atom is 0.330 e. The Bertz CT molecular complexity index is 306. The molecule has 0 bridgehead atoms. The first kappa shape index (κ1) is 10.9. The molecule has 0 N–H and O–H groups in total. The molecule has 1 aromatic rings. The highest BCUT2D eigenvalue weighted by molar-refractivity contribution is 7.80. The van der Waals surface area contributed by atoms with Crippen LogP contribution >= 0.6 is 12.6 Å². The molecule has 2 nitrogen and oxygen atoms in total. The van der Waals surface area contributed by atoms with Crippen molar-refractivity contribution in [3.8, 4) is 0 Å². The summed E-state index contributed by atoms with van der Waals surface area (Å²) in [5, 5.41) is 0. The molecule has 0 saturated carbocycles. The van der Waals surface area contributed by atoms with E-state index in [4.69, 9.17) is 4.74 Å². The van der Waals surface area contributed by atoms with Crippen molar-refractivity contribution >= 4 is 24.7 Å². The number of thiol groups is 1. The van der Waals surface area contributed by atoms with Gasteiger partial charge in [0, 0.05) is 11.8 Å². The van der Waals surface area contributed by atoms with Gasteiger partial charge >= 0.3 is 5.97 Å². The minimum absolute atomic E-state index is 0.331. The fraction of sp³-hybridized carbons (Fsp3) is 0.182. The molecular formula is C11H12O2S. The van der Waals surface area contributed by atoms with E-state index in [0.29, 0.717) is 12.4 Å². The van der Waals surface area contributed by atoms with Gasteiger partial charge in [-0.15, -0.1) is 0 Å². The minimum atomic E-state index is -0.331. The van der Waals surface area contributed by atoms with E-state index in [-0.39, 0.29) is 5.97 Å². The van der Waals surface area contributed by atoms with Gasteiger partial charge in [-0.3, -0.25) is 0 Å². The van der Waals surface area contributed by atoms with Crippen LogP contribution in [0.2, 0.25) is 0 Å². The molecule has 74 valence electrons. The van der Waals surface area contributed by atoms with Crippen molar-refractivity contribution in [3.05, 3.63) is 42.0 Å². The van der Waals surface area contributed by atoms with Gasteiger partial charge in [-0.1, -0.05) is 30.3 Å². The lowest BCUT2D eigenvalue weighted by Crippen LogP contribution is -2.02. The van der Waals surface area contributed by atoms with Gasteiger partial charge in [0.05, 0.1) is 0 Å². The van der Waals surface area contributed by atoms with E-state index in [0.717, 1.165) is 5.56 Å². The minimum Gasteiger partial charge on any atom is -0.462 e. The number of carbonyl (C=O) groups is 1. The smallest absolute Gasteiger partial charge is 0.330 e. The Labute approximate surface area is 89.0 Å². The van der Waals surface area contributed by atoms with Gasteiger partial charge in [-0.05, 0) is 11.6 Å². The predicted molar refractivity (Wildman–Crippen MR) is 60.3 cm³/mol. The van der Waals surface area contributed by atoms with Gasteiger partial charge in [-0.2, -0.15) is 12.6 Å². The molecule has 3 heteroatoms. The van der Waals surface area contributed by atoms with E-state index in [1.165, 1.54) is 6.08 Å². The maximum absolute atomic E-state index is 11.0. The zero-order valence-corrected chi connectivity index (χ0v) is 8.61. The van der Waals surface area contributed by atoms with Crippen molar-refractivity contribution < 1.29 is 9.53 Å². The SMILES string of the molecule is O=C(/C=C/c1ccccc1)OCCS. The molecule has 0 aliphatic carbocycles. The van der Waals surface area contributed by atoms with E-state index >= 15 is 0 Å².